The summed E-state index contributed by atoms with van der Waals surface area (Å²) in [5.74, 6) is -0.260. The predicted octanol–water partition coefficient (Wildman–Crippen LogP) is 5.13. The molecule has 0 unspecified atom stereocenters. The van der Waals surface area contributed by atoms with E-state index in [1.807, 2.05) is 78.9 Å². The molecule has 1 atom stereocenters. The van der Waals surface area contributed by atoms with Gasteiger partial charge in [-0.25, -0.2) is 4.79 Å². The highest BCUT2D eigenvalue weighted by molar-refractivity contribution is 9.10. The summed E-state index contributed by atoms with van der Waals surface area (Å²) in [6.45, 7) is 0.0458. The zero-order valence-electron chi connectivity index (χ0n) is 15.5. The van der Waals surface area contributed by atoms with Crippen molar-refractivity contribution in [1.82, 2.24) is 4.90 Å². The van der Waals surface area contributed by atoms with Crippen LogP contribution in [0.25, 0.3) is 0 Å². The molecule has 1 heterocycles. The number of carbonyl (C=O) groups excluding carboxylic acids is 2. The first-order valence-electron chi connectivity index (χ1n) is 9.23. The molecule has 0 aromatic heterocycles. The molecule has 4 rings (SSSR count). The molecule has 5 nitrogen and oxygen atoms in total. The van der Waals surface area contributed by atoms with Gasteiger partial charge in [-0.3, -0.25) is 9.69 Å². The van der Waals surface area contributed by atoms with Gasteiger partial charge in [0.25, 0.3) is 0 Å². The van der Waals surface area contributed by atoms with Gasteiger partial charge in [-0.1, -0.05) is 76.6 Å². The highest BCUT2D eigenvalue weighted by atomic mass is 79.9. The van der Waals surface area contributed by atoms with Crippen LogP contribution in [0.1, 0.15) is 22.7 Å². The molecule has 3 aromatic rings. The largest absolute Gasteiger partial charge is 0.445 e. The lowest BCUT2D eigenvalue weighted by Crippen LogP contribution is -2.39. The summed E-state index contributed by atoms with van der Waals surface area (Å²) >= 11 is 3.50. The van der Waals surface area contributed by atoms with Gasteiger partial charge >= 0.3 is 6.09 Å². The van der Waals surface area contributed by atoms with Crippen molar-refractivity contribution in [1.29, 1.82) is 0 Å². The van der Waals surface area contributed by atoms with E-state index in [4.69, 9.17) is 4.74 Å². The topological polar surface area (TPSA) is 58.6 Å². The summed E-state index contributed by atoms with van der Waals surface area (Å²) in [6.07, 6.45) is -0.536. The fourth-order valence-corrected chi connectivity index (χ4v) is 3.82. The molecule has 0 radical (unpaired) electrons. The molecule has 0 aliphatic carbocycles. The van der Waals surface area contributed by atoms with E-state index in [0.29, 0.717) is 5.69 Å². The minimum Gasteiger partial charge on any atom is -0.445 e. The molecule has 0 saturated heterocycles. The Hall–Kier alpha value is -3.12. The number of hydrogen-bond acceptors (Lipinski definition) is 3. The molecule has 1 aliphatic rings. The number of ether oxygens (including phenoxy) is 1. The second-order valence-electron chi connectivity index (χ2n) is 6.76. The minimum atomic E-state index is -0.536. The molecular weight excluding hydrogens is 432 g/mol. The van der Waals surface area contributed by atoms with Crippen LogP contribution in [0.3, 0.4) is 0 Å². The number of hydrogen-bond donors (Lipinski definition) is 1. The van der Waals surface area contributed by atoms with E-state index in [1.165, 1.54) is 4.90 Å². The van der Waals surface area contributed by atoms with Crippen LogP contribution in [0.4, 0.5) is 10.5 Å². The summed E-state index contributed by atoms with van der Waals surface area (Å²) in [4.78, 5) is 27.1. The number of anilines is 1. The van der Waals surface area contributed by atoms with Gasteiger partial charge in [-0.15, -0.1) is 0 Å². The Morgan fingerprint density at radius 2 is 1.72 bits per heavy atom. The number of amides is 2. The second kappa shape index (κ2) is 8.49. The molecule has 1 N–H and O–H groups in total. The van der Waals surface area contributed by atoms with Crippen molar-refractivity contribution < 1.29 is 14.3 Å². The van der Waals surface area contributed by atoms with Crippen molar-refractivity contribution in [3.8, 4) is 0 Å². The number of nitrogens with zero attached hydrogens (tertiary/aromatic N) is 1. The summed E-state index contributed by atoms with van der Waals surface area (Å²) in [6, 6.07) is 24.3. The van der Waals surface area contributed by atoms with Crippen molar-refractivity contribution in [2.75, 3.05) is 11.9 Å². The fraction of sp³-hybridized carbons (Fsp3) is 0.130. The Morgan fingerprint density at radius 1 is 1.03 bits per heavy atom. The summed E-state index contributed by atoms with van der Waals surface area (Å²) in [5.41, 5.74) is 3.30. The minimum absolute atomic E-state index is 0.0977. The third-order valence-electron chi connectivity index (χ3n) is 4.76. The monoisotopic (exact) mass is 450 g/mol. The summed E-state index contributed by atoms with van der Waals surface area (Å²) in [5, 5.41) is 2.90. The van der Waals surface area contributed by atoms with Crippen LogP contribution in [-0.2, 0) is 16.1 Å². The Kier molecular flexibility index (Phi) is 5.62. The van der Waals surface area contributed by atoms with E-state index >= 15 is 0 Å². The standard InChI is InChI=1S/C23H19BrN2O3/c24-18-11-12-20-19(13-18)22(17-9-5-2-6-10-17)26(14-21(27)25-20)23(28)29-15-16-7-3-1-4-8-16/h1-13,22H,14-15H2,(H,25,27)/t22-/m0/s1. The Balaban J connectivity index is 1.71. The van der Waals surface area contributed by atoms with Gasteiger partial charge in [0.15, 0.2) is 0 Å². The number of nitrogens with one attached hydrogen (secondary N) is 1. The van der Waals surface area contributed by atoms with Crippen molar-refractivity contribution in [2.24, 2.45) is 0 Å². The first-order valence-corrected chi connectivity index (χ1v) is 10.0. The van der Waals surface area contributed by atoms with Gasteiger partial charge < -0.3 is 10.1 Å². The average Bonchev–Trinajstić information content (AvgIpc) is 2.89. The van der Waals surface area contributed by atoms with Crippen LogP contribution in [0.2, 0.25) is 0 Å². The van der Waals surface area contributed by atoms with Gasteiger partial charge in [-0.2, -0.15) is 0 Å². The maximum Gasteiger partial charge on any atom is 0.411 e. The first kappa shape index (κ1) is 19.2. The molecule has 6 heteroatoms. The molecule has 2 amide bonds. The number of halogens is 1. The number of fused-ring (bicyclic) bond motifs is 1. The SMILES string of the molecule is O=C1CN(C(=O)OCc2ccccc2)[C@@H](c2ccccc2)c2cc(Br)ccc2N1. The van der Waals surface area contributed by atoms with E-state index in [2.05, 4.69) is 21.2 Å². The molecular formula is C23H19BrN2O3. The number of carbonyl (C=O) groups is 2. The van der Waals surface area contributed by atoms with Crippen molar-refractivity contribution in [3.63, 3.8) is 0 Å². The zero-order valence-corrected chi connectivity index (χ0v) is 17.1. The third kappa shape index (κ3) is 4.32. The van der Waals surface area contributed by atoms with Gasteiger partial charge in [0.1, 0.15) is 13.2 Å². The maximum absolute atomic E-state index is 13.1. The zero-order chi connectivity index (χ0) is 20.2. The number of benzene rings is 3. The van der Waals surface area contributed by atoms with Gasteiger partial charge in [-0.05, 0) is 29.3 Å². The van der Waals surface area contributed by atoms with Crippen molar-refractivity contribution >= 4 is 33.6 Å². The number of rotatable bonds is 3. The predicted molar refractivity (Wildman–Crippen MR) is 114 cm³/mol. The lowest BCUT2D eigenvalue weighted by atomic mass is 9.96. The second-order valence-corrected chi connectivity index (χ2v) is 7.68. The van der Waals surface area contributed by atoms with Crippen molar-refractivity contribution in [2.45, 2.75) is 12.6 Å². The average molecular weight is 451 g/mol. The molecule has 29 heavy (non-hydrogen) atoms. The van der Waals surface area contributed by atoms with Gasteiger partial charge in [0, 0.05) is 15.7 Å². The quantitative estimate of drug-likeness (QED) is 0.601. The smallest absolute Gasteiger partial charge is 0.411 e. The highest BCUT2D eigenvalue weighted by Crippen LogP contribution is 2.37. The normalized spacial score (nSPS) is 15.8. The molecule has 0 saturated carbocycles. The molecule has 3 aromatic carbocycles. The molecule has 1 aliphatic heterocycles. The lowest BCUT2D eigenvalue weighted by Gasteiger charge is -2.29. The maximum atomic E-state index is 13.1. The summed E-state index contributed by atoms with van der Waals surface area (Å²) < 4.78 is 6.43. The van der Waals surface area contributed by atoms with Crippen LogP contribution < -0.4 is 5.32 Å². The van der Waals surface area contributed by atoms with E-state index in [0.717, 1.165) is 21.2 Å². The fourth-order valence-electron chi connectivity index (χ4n) is 3.44. The first-order chi connectivity index (χ1) is 14.1. The van der Waals surface area contributed by atoms with Crippen LogP contribution in [0.5, 0.6) is 0 Å². The molecule has 0 fully saturated rings. The van der Waals surface area contributed by atoms with Gasteiger partial charge in [0.2, 0.25) is 5.91 Å². The Bertz CT molecular complexity index is 1020. The molecule has 0 bridgehead atoms. The lowest BCUT2D eigenvalue weighted by molar-refractivity contribution is -0.117. The van der Waals surface area contributed by atoms with Crippen LogP contribution in [-0.4, -0.2) is 23.4 Å². The van der Waals surface area contributed by atoms with Crippen LogP contribution in [0, 0.1) is 0 Å². The van der Waals surface area contributed by atoms with E-state index in [1.54, 1.807) is 0 Å². The van der Waals surface area contributed by atoms with E-state index < -0.39 is 12.1 Å². The van der Waals surface area contributed by atoms with Crippen LogP contribution in [0.15, 0.2) is 83.3 Å². The Morgan fingerprint density at radius 3 is 2.45 bits per heavy atom. The van der Waals surface area contributed by atoms with Gasteiger partial charge in [0.05, 0.1) is 6.04 Å². The van der Waals surface area contributed by atoms with E-state index in [-0.39, 0.29) is 19.1 Å². The Labute approximate surface area is 177 Å². The van der Waals surface area contributed by atoms with Crippen LogP contribution >= 0.6 is 15.9 Å². The molecule has 146 valence electrons. The third-order valence-corrected chi connectivity index (χ3v) is 5.26. The van der Waals surface area contributed by atoms with E-state index in [9.17, 15) is 9.59 Å². The van der Waals surface area contributed by atoms with Crippen molar-refractivity contribution in [3.05, 3.63) is 100 Å². The highest BCUT2D eigenvalue weighted by Gasteiger charge is 2.34. The summed E-state index contributed by atoms with van der Waals surface area (Å²) in [7, 11) is 0. The molecule has 0 spiro atoms.